The van der Waals surface area contributed by atoms with E-state index < -0.39 is 0 Å². The molecule has 7 heteroatoms. The van der Waals surface area contributed by atoms with E-state index in [0.29, 0.717) is 32.6 Å². The Hall–Kier alpha value is -2.41. The van der Waals surface area contributed by atoms with Gasteiger partial charge in [0.1, 0.15) is 0 Å². The zero-order chi connectivity index (χ0) is 17.3. The van der Waals surface area contributed by atoms with Gasteiger partial charge in [-0.3, -0.25) is 9.78 Å². The number of nitrogens with one attached hydrogen (secondary N) is 1. The Morgan fingerprint density at radius 3 is 3.04 bits per heavy atom. The number of hydrogen-bond donors (Lipinski definition) is 1. The summed E-state index contributed by atoms with van der Waals surface area (Å²) in [5, 5.41) is 6.94. The third-order valence-corrected chi connectivity index (χ3v) is 5.70. The molecular weight excluding hydrogens is 336 g/mol. The lowest BCUT2D eigenvalue weighted by molar-refractivity contribution is -0.117. The number of nitrogens with zero attached hydrogens (tertiary/aromatic N) is 3. The molecular formula is C18H20N4O2S. The molecule has 2 aliphatic rings. The SMILES string of the molecule is O=C(NCc1cccnc1)N1CC[C@@]2(CC(=O)N(c3ccsc3)C2)C1. The summed E-state index contributed by atoms with van der Waals surface area (Å²) in [6.45, 7) is 2.51. The number of pyridine rings is 1. The van der Waals surface area contributed by atoms with Crippen molar-refractivity contribution in [3.8, 4) is 0 Å². The summed E-state index contributed by atoms with van der Waals surface area (Å²) in [4.78, 5) is 32.6. The fraction of sp³-hybridized carbons (Fsp3) is 0.389. The van der Waals surface area contributed by atoms with Crippen LogP contribution in [0.1, 0.15) is 18.4 Å². The number of urea groups is 1. The Kier molecular flexibility index (Phi) is 4.17. The maximum absolute atomic E-state index is 12.4. The van der Waals surface area contributed by atoms with Crippen LogP contribution in [0.2, 0.25) is 0 Å². The first-order valence-electron chi connectivity index (χ1n) is 8.40. The van der Waals surface area contributed by atoms with Crippen molar-refractivity contribution < 1.29 is 9.59 Å². The monoisotopic (exact) mass is 356 g/mol. The Balaban J connectivity index is 1.36. The quantitative estimate of drug-likeness (QED) is 0.919. The number of thiophene rings is 1. The lowest BCUT2D eigenvalue weighted by atomic mass is 9.86. The predicted octanol–water partition coefficient (Wildman–Crippen LogP) is 2.48. The van der Waals surface area contributed by atoms with E-state index in [9.17, 15) is 9.59 Å². The molecule has 0 bridgehead atoms. The molecule has 2 aromatic heterocycles. The molecule has 1 spiro atoms. The molecule has 0 unspecified atom stereocenters. The predicted molar refractivity (Wildman–Crippen MR) is 96.4 cm³/mol. The molecule has 130 valence electrons. The molecule has 0 aromatic carbocycles. The topological polar surface area (TPSA) is 65.5 Å². The maximum Gasteiger partial charge on any atom is 0.317 e. The molecule has 0 saturated carbocycles. The van der Waals surface area contributed by atoms with E-state index >= 15 is 0 Å². The van der Waals surface area contributed by atoms with Crippen LogP contribution in [-0.2, 0) is 11.3 Å². The van der Waals surface area contributed by atoms with E-state index in [1.54, 1.807) is 23.7 Å². The van der Waals surface area contributed by atoms with Gasteiger partial charge in [-0.15, -0.1) is 0 Å². The van der Waals surface area contributed by atoms with Crippen LogP contribution in [0.3, 0.4) is 0 Å². The third-order valence-electron chi connectivity index (χ3n) is 5.03. The summed E-state index contributed by atoms with van der Waals surface area (Å²) in [6, 6.07) is 5.71. The van der Waals surface area contributed by atoms with Crippen molar-refractivity contribution in [2.45, 2.75) is 19.4 Å². The van der Waals surface area contributed by atoms with Crippen LogP contribution in [0.4, 0.5) is 10.5 Å². The maximum atomic E-state index is 12.4. The molecule has 2 aromatic rings. The average molecular weight is 356 g/mol. The highest BCUT2D eigenvalue weighted by Crippen LogP contribution is 2.42. The number of likely N-dealkylation sites (tertiary alicyclic amines) is 1. The molecule has 25 heavy (non-hydrogen) atoms. The van der Waals surface area contributed by atoms with Crippen LogP contribution in [0.5, 0.6) is 0 Å². The van der Waals surface area contributed by atoms with Gasteiger partial charge >= 0.3 is 6.03 Å². The molecule has 2 aliphatic heterocycles. The minimum absolute atomic E-state index is 0.0674. The minimum atomic E-state index is -0.106. The Morgan fingerprint density at radius 2 is 2.28 bits per heavy atom. The van der Waals surface area contributed by atoms with E-state index in [2.05, 4.69) is 10.3 Å². The lowest BCUT2D eigenvalue weighted by Gasteiger charge is -2.24. The highest BCUT2D eigenvalue weighted by molar-refractivity contribution is 7.08. The first kappa shape index (κ1) is 16.1. The number of carbonyl (C=O) groups excluding carboxylic acids is 2. The van der Waals surface area contributed by atoms with Crippen LogP contribution in [0.15, 0.2) is 41.4 Å². The first-order chi connectivity index (χ1) is 12.2. The van der Waals surface area contributed by atoms with Crippen LogP contribution in [0.25, 0.3) is 0 Å². The summed E-state index contributed by atoms with van der Waals surface area (Å²) in [7, 11) is 0. The summed E-state index contributed by atoms with van der Waals surface area (Å²) in [5.74, 6) is 0.163. The molecule has 4 heterocycles. The molecule has 0 aliphatic carbocycles. The Labute approximate surface area is 150 Å². The number of amides is 3. The standard InChI is InChI=1S/C18H20N4O2S/c23-16-8-18(13-22(16)15-3-7-25-11-15)4-6-21(12-18)17(24)20-10-14-2-1-5-19-9-14/h1-3,5,7,9,11H,4,6,8,10,12-13H2,(H,20,24)/t18-/m1/s1. The van der Waals surface area contributed by atoms with Crippen molar-refractivity contribution in [3.05, 3.63) is 46.9 Å². The Morgan fingerprint density at radius 1 is 1.36 bits per heavy atom. The second-order valence-corrected chi connectivity index (χ2v) is 7.61. The smallest absolute Gasteiger partial charge is 0.317 e. The van der Waals surface area contributed by atoms with Crippen molar-refractivity contribution in [2.75, 3.05) is 24.5 Å². The zero-order valence-electron chi connectivity index (χ0n) is 13.9. The van der Waals surface area contributed by atoms with E-state index in [1.165, 1.54) is 0 Å². The minimum Gasteiger partial charge on any atom is -0.334 e. The second-order valence-electron chi connectivity index (χ2n) is 6.83. The molecule has 6 nitrogen and oxygen atoms in total. The number of rotatable bonds is 3. The highest BCUT2D eigenvalue weighted by atomic mass is 32.1. The van der Waals surface area contributed by atoms with E-state index in [0.717, 1.165) is 17.7 Å². The fourth-order valence-corrected chi connectivity index (χ4v) is 4.36. The van der Waals surface area contributed by atoms with Gasteiger partial charge in [-0.2, -0.15) is 11.3 Å². The van der Waals surface area contributed by atoms with Crippen molar-refractivity contribution in [3.63, 3.8) is 0 Å². The normalized spacial score (nSPS) is 22.8. The molecule has 4 rings (SSSR count). The first-order valence-corrected chi connectivity index (χ1v) is 9.34. The molecule has 1 N–H and O–H groups in total. The van der Waals surface area contributed by atoms with Crippen LogP contribution >= 0.6 is 11.3 Å². The molecule has 2 fully saturated rings. The molecule has 2 saturated heterocycles. The summed E-state index contributed by atoms with van der Waals surface area (Å²) in [6.07, 6.45) is 4.86. The van der Waals surface area contributed by atoms with Crippen molar-refractivity contribution >= 4 is 29.0 Å². The largest absolute Gasteiger partial charge is 0.334 e. The number of hydrogen-bond acceptors (Lipinski definition) is 4. The van der Waals surface area contributed by atoms with E-state index in [-0.39, 0.29) is 17.4 Å². The molecule has 3 amide bonds. The van der Waals surface area contributed by atoms with Gasteiger partial charge in [-0.05, 0) is 29.5 Å². The highest BCUT2D eigenvalue weighted by Gasteiger charge is 2.48. The number of carbonyl (C=O) groups is 2. The zero-order valence-corrected chi connectivity index (χ0v) is 14.7. The van der Waals surface area contributed by atoms with Gasteiger partial charge in [0.15, 0.2) is 0 Å². The van der Waals surface area contributed by atoms with Crippen molar-refractivity contribution in [2.24, 2.45) is 5.41 Å². The van der Waals surface area contributed by atoms with Gasteiger partial charge in [-0.25, -0.2) is 4.79 Å². The van der Waals surface area contributed by atoms with E-state index in [1.807, 2.05) is 38.8 Å². The van der Waals surface area contributed by atoms with Gasteiger partial charge in [-0.1, -0.05) is 6.07 Å². The van der Waals surface area contributed by atoms with Gasteiger partial charge in [0.2, 0.25) is 5.91 Å². The van der Waals surface area contributed by atoms with E-state index in [4.69, 9.17) is 0 Å². The van der Waals surface area contributed by atoms with Gasteiger partial charge in [0.25, 0.3) is 0 Å². The van der Waals surface area contributed by atoms with Crippen molar-refractivity contribution in [1.82, 2.24) is 15.2 Å². The van der Waals surface area contributed by atoms with Gasteiger partial charge in [0.05, 0.1) is 5.69 Å². The van der Waals surface area contributed by atoms with Crippen LogP contribution in [0, 0.1) is 5.41 Å². The summed E-state index contributed by atoms with van der Waals surface area (Å²) in [5.41, 5.74) is 1.85. The van der Waals surface area contributed by atoms with Gasteiger partial charge in [0, 0.05) is 55.8 Å². The Bertz CT molecular complexity index is 765. The van der Waals surface area contributed by atoms with Crippen molar-refractivity contribution in [1.29, 1.82) is 0 Å². The number of aromatic nitrogens is 1. The third kappa shape index (κ3) is 3.24. The fourth-order valence-electron chi connectivity index (χ4n) is 3.72. The molecule has 0 radical (unpaired) electrons. The summed E-state index contributed by atoms with van der Waals surface area (Å²) < 4.78 is 0. The second kappa shape index (κ2) is 6.48. The average Bonchev–Trinajstić information content (AvgIpc) is 3.35. The summed E-state index contributed by atoms with van der Waals surface area (Å²) >= 11 is 1.60. The molecule has 1 atom stereocenters. The lowest BCUT2D eigenvalue weighted by Crippen LogP contribution is -2.40. The van der Waals surface area contributed by atoms with Crippen LogP contribution < -0.4 is 10.2 Å². The van der Waals surface area contributed by atoms with Gasteiger partial charge < -0.3 is 15.1 Å². The van der Waals surface area contributed by atoms with Crippen LogP contribution in [-0.4, -0.2) is 41.5 Å². The number of anilines is 1.